The molecular weight excluding hydrogens is 458 g/mol. The van der Waals surface area contributed by atoms with E-state index >= 15 is 0 Å². The van der Waals surface area contributed by atoms with E-state index in [1.165, 1.54) is 6.92 Å². The number of nitrogens with two attached hydrogens (primary N) is 3. The molecule has 0 aromatic rings. The van der Waals surface area contributed by atoms with E-state index in [2.05, 4.69) is 20.9 Å². The standard InChI is InChI=1S/C22H43N7O6/c1-6-11(3)15(23)19(32)28-16(12(4)7-2)20(33)27-14(9-8-10-26-22(24)25)18(31)29-17(13(5)30)21(34)35/h11-17,30H,6-10,23H2,1-5H3,(H,27,33)(H,28,32)(H,29,31)(H,34,35)(H4,24,25,26). The van der Waals surface area contributed by atoms with Crippen LogP contribution in [-0.4, -0.2) is 76.7 Å². The van der Waals surface area contributed by atoms with E-state index in [9.17, 15) is 29.4 Å². The molecule has 0 aromatic carbocycles. The van der Waals surface area contributed by atoms with Crippen molar-refractivity contribution in [2.24, 2.45) is 34.0 Å². The maximum Gasteiger partial charge on any atom is 0.328 e. The molecule has 0 aliphatic heterocycles. The summed E-state index contributed by atoms with van der Waals surface area (Å²) in [4.78, 5) is 53.9. The Kier molecular flexibility index (Phi) is 14.5. The summed E-state index contributed by atoms with van der Waals surface area (Å²) in [6, 6.07) is -4.51. The van der Waals surface area contributed by atoms with Gasteiger partial charge in [-0.25, -0.2) is 4.79 Å². The zero-order chi connectivity index (χ0) is 27.3. The van der Waals surface area contributed by atoms with Crippen LogP contribution >= 0.6 is 0 Å². The average molecular weight is 502 g/mol. The molecule has 0 saturated heterocycles. The van der Waals surface area contributed by atoms with Gasteiger partial charge in [0.05, 0.1) is 12.1 Å². The highest BCUT2D eigenvalue weighted by Crippen LogP contribution is 2.12. The molecule has 0 aliphatic rings. The molecule has 0 bridgehead atoms. The van der Waals surface area contributed by atoms with Crippen LogP contribution in [0.3, 0.4) is 0 Å². The van der Waals surface area contributed by atoms with E-state index in [-0.39, 0.29) is 30.8 Å². The molecular formula is C22H43N7O6. The van der Waals surface area contributed by atoms with Gasteiger partial charge in [0.2, 0.25) is 17.7 Å². The Morgan fingerprint density at radius 3 is 1.86 bits per heavy atom. The number of nitrogens with one attached hydrogen (secondary N) is 3. The van der Waals surface area contributed by atoms with Crippen LogP contribution in [0.15, 0.2) is 4.99 Å². The number of carboxylic acid groups (broad SMARTS) is 1. The molecule has 0 saturated carbocycles. The van der Waals surface area contributed by atoms with Gasteiger partial charge in [0.15, 0.2) is 12.0 Å². The maximum absolute atomic E-state index is 13.2. The molecule has 0 heterocycles. The van der Waals surface area contributed by atoms with Crippen molar-refractivity contribution in [3.8, 4) is 0 Å². The number of carboxylic acids is 1. The lowest BCUT2D eigenvalue weighted by atomic mass is 9.95. The fourth-order valence-corrected chi connectivity index (χ4v) is 3.14. The molecule has 3 amide bonds. The topological polar surface area (TPSA) is 235 Å². The number of carbonyl (C=O) groups is 4. The highest BCUT2D eigenvalue weighted by molar-refractivity contribution is 5.94. The Labute approximate surface area is 206 Å². The Bertz CT molecular complexity index is 742. The minimum Gasteiger partial charge on any atom is -0.480 e. The largest absolute Gasteiger partial charge is 0.480 e. The van der Waals surface area contributed by atoms with Crippen molar-refractivity contribution in [1.29, 1.82) is 0 Å². The number of aliphatic carboxylic acids is 1. The van der Waals surface area contributed by atoms with Gasteiger partial charge in [0.1, 0.15) is 12.1 Å². The number of guanidine groups is 1. The number of rotatable bonds is 16. The zero-order valence-electron chi connectivity index (χ0n) is 21.3. The molecule has 0 spiro atoms. The van der Waals surface area contributed by atoms with E-state index in [1.807, 2.05) is 20.8 Å². The number of aliphatic imine (C=N–C) groups is 1. The van der Waals surface area contributed by atoms with Crippen LogP contribution in [0.4, 0.5) is 0 Å². The van der Waals surface area contributed by atoms with E-state index < -0.39 is 54.0 Å². The van der Waals surface area contributed by atoms with E-state index in [0.717, 1.165) is 0 Å². The molecule has 0 radical (unpaired) electrons. The summed E-state index contributed by atoms with van der Waals surface area (Å²) in [5, 5.41) is 26.5. The Hall–Kier alpha value is -2.93. The van der Waals surface area contributed by atoms with Gasteiger partial charge >= 0.3 is 5.97 Å². The second kappa shape index (κ2) is 15.9. The molecule has 0 aromatic heterocycles. The van der Waals surface area contributed by atoms with Crippen LogP contribution in [0.1, 0.15) is 60.3 Å². The summed E-state index contributed by atoms with van der Waals surface area (Å²) >= 11 is 0. The van der Waals surface area contributed by atoms with E-state index in [1.54, 1.807) is 6.92 Å². The molecule has 7 unspecified atom stereocenters. The van der Waals surface area contributed by atoms with Gasteiger partial charge in [0, 0.05) is 6.54 Å². The molecule has 202 valence electrons. The fraction of sp³-hybridized carbons (Fsp3) is 0.773. The van der Waals surface area contributed by atoms with Gasteiger partial charge < -0.3 is 43.4 Å². The van der Waals surface area contributed by atoms with Crippen LogP contribution in [0.2, 0.25) is 0 Å². The summed E-state index contributed by atoms with van der Waals surface area (Å²) < 4.78 is 0. The summed E-state index contributed by atoms with van der Waals surface area (Å²) in [7, 11) is 0. The minimum atomic E-state index is -1.57. The molecule has 0 fully saturated rings. The molecule has 0 aliphatic carbocycles. The Morgan fingerprint density at radius 2 is 1.40 bits per heavy atom. The van der Waals surface area contributed by atoms with Crippen LogP contribution in [-0.2, 0) is 19.2 Å². The number of amides is 3. The van der Waals surface area contributed by atoms with Crippen molar-refractivity contribution in [3.63, 3.8) is 0 Å². The first kappa shape index (κ1) is 32.1. The third-order valence-electron chi connectivity index (χ3n) is 5.98. The first-order chi connectivity index (χ1) is 16.3. The summed E-state index contributed by atoms with van der Waals surface area (Å²) in [6.45, 7) is 8.77. The van der Waals surface area contributed by atoms with Gasteiger partial charge in [-0.3, -0.25) is 19.4 Å². The van der Waals surface area contributed by atoms with Crippen LogP contribution < -0.4 is 33.2 Å². The molecule has 11 N–H and O–H groups in total. The van der Waals surface area contributed by atoms with Crippen molar-refractivity contribution in [1.82, 2.24) is 16.0 Å². The van der Waals surface area contributed by atoms with Crippen molar-refractivity contribution >= 4 is 29.7 Å². The first-order valence-electron chi connectivity index (χ1n) is 11.9. The average Bonchev–Trinajstić information content (AvgIpc) is 2.79. The molecule has 0 rings (SSSR count). The predicted molar refractivity (Wildman–Crippen MR) is 132 cm³/mol. The number of aliphatic hydroxyl groups excluding tert-OH is 1. The van der Waals surface area contributed by atoms with Crippen molar-refractivity contribution in [2.75, 3.05) is 6.54 Å². The van der Waals surface area contributed by atoms with Crippen LogP contribution in [0.25, 0.3) is 0 Å². The highest BCUT2D eigenvalue weighted by Gasteiger charge is 2.33. The van der Waals surface area contributed by atoms with Crippen molar-refractivity contribution in [3.05, 3.63) is 0 Å². The zero-order valence-corrected chi connectivity index (χ0v) is 21.3. The molecule has 7 atom stereocenters. The van der Waals surface area contributed by atoms with Crippen LogP contribution in [0, 0.1) is 11.8 Å². The highest BCUT2D eigenvalue weighted by atomic mass is 16.4. The second-order valence-corrected chi connectivity index (χ2v) is 8.86. The Morgan fingerprint density at radius 1 is 0.857 bits per heavy atom. The number of hydrogen-bond acceptors (Lipinski definition) is 7. The summed E-state index contributed by atoms with van der Waals surface area (Å²) in [5.74, 6) is -3.84. The SMILES string of the molecule is CCC(C)C(N)C(=O)NC(C(=O)NC(CCCN=C(N)N)C(=O)NC(C(=O)O)C(C)O)C(C)CC. The number of carbonyl (C=O) groups excluding carboxylic acids is 3. The fourth-order valence-electron chi connectivity index (χ4n) is 3.14. The van der Waals surface area contributed by atoms with E-state index in [0.29, 0.717) is 19.3 Å². The number of hydrogen-bond donors (Lipinski definition) is 8. The quantitative estimate of drug-likeness (QED) is 0.0688. The number of nitrogens with zero attached hydrogens (tertiary/aromatic N) is 1. The minimum absolute atomic E-state index is 0.0774. The predicted octanol–water partition coefficient (Wildman–Crippen LogP) is -1.62. The lowest BCUT2D eigenvalue weighted by molar-refractivity contribution is -0.145. The van der Waals surface area contributed by atoms with E-state index in [4.69, 9.17) is 17.2 Å². The van der Waals surface area contributed by atoms with Crippen molar-refractivity contribution < 1.29 is 29.4 Å². The van der Waals surface area contributed by atoms with Crippen molar-refractivity contribution in [2.45, 2.75) is 90.6 Å². The summed E-state index contributed by atoms with van der Waals surface area (Å²) in [6.07, 6.45) is 0.238. The normalized spacial score (nSPS) is 17.0. The molecule has 13 heteroatoms. The van der Waals surface area contributed by atoms with Gasteiger partial charge in [-0.05, 0) is 31.6 Å². The third-order valence-corrected chi connectivity index (χ3v) is 5.98. The smallest absolute Gasteiger partial charge is 0.328 e. The van der Waals surface area contributed by atoms with Gasteiger partial charge in [-0.15, -0.1) is 0 Å². The van der Waals surface area contributed by atoms with Crippen LogP contribution in [0.5, 0.6) is 0 Å². The first-order valence-corrected chi connectivity index (χ1v) is 11.9. The third kappa shape index (κ3) is 11.4. The van der Waals surface area contributed by atoms with Gasteiger partial charge in [0.25, 0.3) is 0 Å². The second-order valence-electron chi connectivity index (χ2n) is 8.86. The molecule has 13 nitrogen and oxygen atoms in total. The summed E-state index contributed by atoms with van der Waals surface area (Å²) in [5.41, 5.74) is 16.6. The monoisotopic (exact) mass is 501 g/mol. The van der Waals surface area contributed by atoms with Gasteiger partial charge in [-0.2, -0.15) is 0 Å². The Balaban J connectivity index is 5.70. The van der Waals surface area contributed by atoms with Gasteiger partial charge in [-0.1, -0.05) is 40.5 Å². The number of aliphatic hydroxyl groups is 1. The lowest BCUT2D eigenvalue weighted by Gasteiger charge is -2.29. The maximum atomic E-state index is 13.2. The lowest BCUT2D eigenvalue weighted by Crippen LogP contribution is -2.59. The molecule has 35 heavy (non-hydrogen) atoms.